The number of carbonyl (C=O) groups excluding carboxylic acids is 3. The van der Waals surface area contributed by atoms with Crippen LogP contribution < -0.4 is 5.73 Å². The Hall–Kier alpha value is -2.51. The van der Waals surface area contributed by atoms with Crippen molar-refractivity contribution in [3.63, 3.8) is 0 Å². The molecule has 7 nitrogen and oxygen atoms in total. The Morgan fingerprint density at radius 1 is 1.09 bits per heavy atom. The van der Waals surface area contributed by atoms with Crippen LogP contribution in [0.4, 0.5) is 0 Å². The Balaban J connectivity index is 2.22. The summed E-state index contributed by atoms with van der Waals surface area (Å²) in [5.41, 5.74) is 6.65. The van der Waals surface area contributed by atoms with Gasteiger partial charge in [-0.1, -0.05) is 30.3 Å². The normalized spacial score (nSPS) is 11.9. The van der Waals surface area contributed by atoms with E-state index < -0.39 is 30.4 Å². The van der Waals surface area contributed by atoms with Crippen LogP contribution in [0.25, 0.3) is 0 Å². The minimum atomic E-state index is -0.796. The Kier molecular flexibility index (Phi) is 8.27. The molecule has 0 aromatic heterocycles. The lowest BCUT2D eigenvalue weighted by molar-refractivity contribution is -0.150. The van der Waals surface area contributed by atoms with Crippen molar-refractivity contribution in [1.82, 2.24) is 0 Å². The summed E-state index contributed by atoms with van der Waals surface area (Å²) >= 11 is 0. The van der Waals surface area contributed by atoms with Crippen molar-refractivity contribution in [2.24, 2.45) is 5.73 Å². The fourth-order valence-electron chi connectivity index (χ4n) is 1.60. The van der Waals surface area contributed by atoms with Gasteiger partial charge >= 0.3 is 11.9 Å². The van der Waals surface area contributed by atoms with E-state index in [9.17, 15) is 14.4 Å². The highest BCUT2D eigenvalue weighted by Crippen LogP contribution is 2.02. The van der Waals surface area contributed by atoms with Gasteiger partial charge in [0.25, 0.3) is 0 Å². The zero-order chi connectivity index (χ0) is 17.1. The summed E-state index contributed by atoms with van der Waals surface area (Å²) in [6.07, 6.45) is 2.15. The number of ether oxygens (including phenoxy) is 2. The Bertz CT molecular complexity index is 555. The van der Waals surface area contributed by atoms with Gasteiger partial charge in [0.2, 0.25) is 0 Å². The quantitative estimate of drug-likeness (QED) is 0.366. The fourth-order valence-corrected chi connectivity index (χ4v) is 1.60. The second-order valence-electron chi connectivity index (χ2n) is 4.59. The molecule has 0 bridgehead atoms. The summed E-state index contributed by atoms with van der Waals surface area (Å²) in [5, 5.41) is 8.46. The summed E-state index contributed by atoms with van der Waals surface area (Å²) in [6.45, 7) is -0.962. The van der Waals surface area contributed by atoms with Gasteiger partial charge in [0.15, 0.2) is 5.78 Å². The van der Waals surface area contributed by atoms with Crippen LogP contribution in [0, 0.1) is 0 Å². The third-order valence-electron chi connectivity index (χ3n) is 2.73. The first kappa shape index (κ1) is 18.5. The summed E-state index contributed by atoms with van der Waals surface area (Å²) in [5.74, 6) is -1.97. The molecule has 1 aromatic rings. The summed E-state index contributed by atoms with van der Waals surface area (Å²) in [4.78, 5) is 33.6. The minimum Gasteiger partial charge on any atom is -0.461 e. The van der Waals surface area contributed by atoms with E-state index >= 15 is 0 Å². The maximum atomic E-state index is 11.7. The molecule has 0 amide bonds. The van der Waals surface area contributed by atoms with Crippen LogP contribution in [-0.4, -0.2) is 48.7 Å². The van der Waals surface area contributed by atoms with Gasteiger partial charge in [0.1, 0.15) is 25.9 Å². The van der Waals surface area contributed by atoms with E-state index in [1.807, 2.05) is 30.3 Å². The molecule has 0 radical (unpaired) electrons. The molecule has 124 valence electrons. The van der Waals surface area contributed by atoms with Crippen molar-refractivity contribution < 1.29 is 29.0 Å². The highest BCUT2D eigenvalue weighted by atomic mass is 16.6. The molecule has 1 aromatic carbocycles. The lowest BCUT2D eigenvalue weighted by atomic mass is 10.1. The van der Waals surface area contributed by atoms with Crippen LogP contribution >= 0.6 is 0 Å². The van der Waals surface area contributed by atoms with Gasteiger partial charge in [-0.3, -0.25) is 9.59 Å². The fraction of sp³-hybridized carbons (Fsp3) is 0.312. The molecule has 1 rings (SSSR count). The molecule has 1 atom stereocenters. The summed E-state index contributed by atoms with van der Waals surface area (Å²) in [6, 6.07) is 8.48. The van der Waals surface area contributed by atoms with Crippen molar-refractivity contribution in [1.29, 1.82) is 0 Å². The number of rotatable bonds is 9. The number of aliphatic hydroxyl groups excluding tert-OH is 1. The lowest BCUT2D eigenvalue weighted by Gasteiger charge is -2.11. The second kappa shape index (κ2) is 10.3. The van der Waals surface area contributed by atoms with Gasteiger partial charge < -0.3 is 20.3 Å². The van der Waals surface area contributed by atoms with Gasteiger partial charge in [-0.15, -0.1) is 0 Å². The van der Waals surface area contributed by atoms with Gasteiger partial charge in [-0.25, -0.2) is 4.79 Å². The van der Waals surface area contributed by atoms with Gasteiger partial charge in [-0.2, -0.15) is 0 Å². The number of hydrogen-bond donors (Lipinski definition) is 2. The van der Waals surface area contributed by atoms with Gasteiger partial charge in [0.05, 0.1) is 0 Å². The van der Waals surface area contributed by atoms with Crippen molar-refractivity contribution in [3.05, 3.63) is 48.0 Å². The molecule has 0 aliphatic heterocycles. The van der Waals surface area contributed by atoms with Gasteiger partial charge in [0, 0.05) is 6.08 Å². The molecule has 0 spiro atoms. The third-order valence-corrected chi connectivity index (χ3v) is 2.73. The molecule has 0 fully saturated rings. The molecule has 0 aliphatic carbocycles. The van der Waals surface area contributed by atoms with Crippen molar-refractivity contribution in [2.75, 3.05) is 19.8 Å². The predicted molar refractivity (Wildman–Crippen MR) is 81.3 cm³/mol. The van der Waals surface area contributed by atoms with Crippen LogP contribution in [-0.2, 0) is 30.3 Å². The van der Waals surface area contributed by atoms with Crippen molar-refractivity contribution in [2.45, 2.75) is 12.5 Å². The highest BCUT2D eigenvalue weighted by molar-refractivity contribution is 5.96. The smallest absolute Gasteiger partial charge is 0.330 e. The minimum absolute atomic E-state index is 0.130. The lowest BCUT2D eigenvalue weighted by Crippen LogP contribution is -2.35. The number of benzene rings is 1. The van der Waals surface area contributed by atoms with Crippen LogP contribution in [0.3, 0.4) is 0 Å². The van der Waals surface area contributed by atoms with Crippen LogP contribution in [0.5, 0.6) is 0 Å². The number of aliphatic hydroxyl groups is 1. The first-order chi connectivity index (χ1) is 11.0. The number of carbonyl (C=O) groups is 3. The SMILES string of the molecule is N[C@@H](Cc1ccccc1)C(=O)OCCOC(=O)/C=C/C(=O)CO. The van der Waals surface area contributed by atoms with E-state index in [1.54, 1.807) is 0 Å². The molecule has 23 heavy (non-hydrogen) atoms. The molecule has 7 heteroatoms. The van der Waals surface area contributed by atoms with Crippen LogP contribution in [0.15, 0.2) is 42.5 Å². The first-order valence-electron chi connectivity index (χ1n) is 6.97. The number of esters is 2. The van der Waals surface area contributed by atoms with E-state index in [0.29, 0.717) is 6.42 Å². The molecule has 0 aliphatic rings. The molecular weight excluding hydrogens is 302 g/mol. The third kappa shape index (κ3) is 7.89. The Morgan fingerprint density at radius 2 is 1.74 bits per heavy atom. The number of ketones is 1. The largest absolute Gasteiger partial charge is 0.461 e. The van der Waals surface area contributed by atoms with E-state index in [-0.39, 0.29) is 13.2 Å². The zero-order valence-electron chi connectivity index (χ0n) is 12.5. The Morgan fingerprint density at radius 3 is 2.39 bits per heavy atom. The van der Waals surface area contributed by atoms with Crippen LogP contribution in [0.1, 0.15) is 5.56 Å². The standard InChI is InChI=1S/C16H19NO6/c17-14(10-12-4-2-1-3-5-12)16(21)23-9-8-22-15(20)7-6-13(19)11-18/h1-7,14,18H,8-11,17H2/b7-6+/t14-/m0/s1. The average Bonchev–Trinajstić information content (AvgIpc) is 2.57. The topological polar surface area (TPSA) is 116 Å². The molecule has 0 saturated heterocycles. The maximum Gasteiger partial charge on any atom is 0.330 e. The van der Waals surface area contributed by atoms with E-state index in [0.717, 1.165) is 17.7 Å². The van der Waals surface area contributed by atoms with E-state index in [2.05, 4.69) is 0 Å². The second-order valence-corrected chi connectivity index (χ2v) is 4.59. The molecular formula is C16H19NO6. The van der Waals surface area contributed by atoms with Crippen LogP contribution in [0.2, 0.25) is 0 Å². The monoisotopic (exact) mass is 321 g/mol. The van der Waals surface area contributed by atoms with E-state index in [1.165, 1.54) is 0 Å². The summed E-state index contributed by atoms with van der Waals surface area (Å²) in [7, 11) is 0. The molecule has 0 unspecified atom stereocenters. The number of nitrogens with two attached hydrogens (primary N) is 1. The zero-order valence-corrected chi connectivity index (χ0v) is 12.5. The van der Waals surface area contributed by atoms with Gasteiger partial charge in [-0.05, 0) is 18.1 Å². The van der Waals surface area contributed by atoms with Crippen molar-refractivity contribution in [3.8, 4) is 0 Å². The van der Waals surface area contributed by atoms with Crippen molar-refractivity contribution >= 4 is 17.7 Å². The Labute approximate surface area is 133 Å². The molecule has 0 saturated carbocycles. The average molecular weight is 321 g/mol. The molecule has 0 heterocycles. The first-order valence-corrected chi connectivity index (χ1v) is 6.97. The maximum absolute atomic E-state index is 11.7. The summed E-state index contributed by atoms with van der Waals surface area (Å²) < 4.78 is 9.61. The van der Waals surface area contributed by atoms with E-state index in [4.69, 9.17) is 20.3 Å². The number of hydrogen-bond acceptors (Lipinski definition) is 7. The highest BCUT2D eigenvalue weighted by Gasteiger charge is 2.15. The predicted octanol–water partition coefficient (Wildman–Crippen LogP) is -0.240. The molecule has 3 N–H and O–H groups in total.